The van der Waals surface area contributed by atoms with Crippen molar-refractivity contribution in [2.24, 2.45) is 0 Å². The van der Waals surface area contributed by atoms with Gasteiger partial charge in [-0.15, -0.1) is 0 Å². The van der Waals surface area contributed by atoms with Crippen LogP contribution in [0.5, 0.6) is 5.75 Å². The summed E-state index contributed by atoms with van der Waals surface area (Å²) in [4.78, 5) is 4.04. The zero-order valence-electron chi connectivity index (χ0n) is 12.0. The van der Waals surface area contributed by atoms with E-state index in [1.807, 2.05) is 25.1 Å². The molecule has 0 atom stereocenters. The molecule has 0 amide bonds. The fourth-order valence-electron chi connectivity index (χ4n) is 2.38. The average Bonchev–Trinajstić information content (AvgIpc) is 2.55. The molecule has 1 heterocycles. The maximum atomic E-state index is 5.77. The predicted molar refractivity (Wildman–Crippen MR) is 88.3 cm³/mol. The van der Waals surface area contributed by atoms with Gasteiger partial charge in [0.25, 0.3) is 0 Å². The molecule has 3 aromatic rings. The van der Waals surface area contributed by atoms with Crippen molar-refractivity contribution in [1.29, 1.82) is 0 Å². The van der Waals surface area contributed by atoms with E-state index in [2.05, 4.69) is 47.5 Å². The van der Waals surface area contributed by atoms with Crippen LogP contribution < -0.4 is 4.74 Å². The van der Waals surface area contributed by atoms with Crippen LogP contribution in [0.3, 0.4) is 0 Å². The summed E-state index contributed by atoms with van der Waals surface area (Å²) >= 11 is 0. The molecule has 0 unspecified atom stereocenters. The number of nitrogens with zero attached hydrogens (tertiary/aromatic N) is 1. The van der Waals surface area contributed by atoms with Crippen molar-refractivity contribution in [3.8, 4) is 5.75 Å². The summed E-state index contributed by atoms with van der Waals surface area (Å²) in [5.74, 6) is 0.918. The molecule has 2 aromatic carbocycles. The summed E-state index contributed by atoms with van der Waals surface area (Å²) in [7, 11) is 0. The minimum atomic E-state index is 0.661. The van der Waals surface area contributed by atoms with Crippen molar-refractivity contribution < 1.29 is 4.74 Å². The van der Waals surface area contributed by atoms with E-state index in [0.29, 0.717) is 6.61 Å². The van der Waals surface area contributed by atoms with Gasteiger partial charge in [0.2, 0.25) is 0 Å². The van der Waals surface area contributed by atoms with Crippen molar-refractivity contribution in [3.63, 3.8) is 0 Å². The van der Waals surface area contributed by atoms with Crippen LogP contribution in [0.2, 0.25) is 0 Å². The van der Waals surface area contributed by atoms with Crippen LogP contribution >= 0.6 is 0 Å². The molecule has 1 aromatic heterocycles. The van der Waals surface area contributed by atoms with Crippen molar-refractivity contribution in [3.05, 3.63) is 72.1 Å². The topological polar surface area (TPSA) is 22.1 Å². The van der Waals surface area contributed by atoms with E-state index in [4.69, 9.17) is 4.74 Å². The first-order valence-electron chi connectivity index (χ1n) is 7.11. The number of hydrogen-bond acceptors (Lipinski definition) is 2. The number of fused-ring (bicyclic) bond motifs is 1. The molecule has 0 radical (unpaired) electrons. The van der Waals surface area contributed by atoms with Crippen LogP contribution in [0.15, 0.2) is 60.9 Å². The van der Waals surface area contributed by atoms with E-state index in [1.54, 1.807) is 12.4 Å². The second kappa shape index (κ2) is 6.23. The first kappa shape index (κ1) is 13.4. The Hall–Kier alpha value is -2.61. The Morgan fingerprint density at radius 3 is 2.57 bits per heavy atom. The standard InChI is InChI=1S/C19H17NO/c1-2-21-19-10-8-16-5-3-4-6-17(16)18(19)9-7-15-11-13-20-14-12-15/h3-14H,2H2,1H3. The zero-order valence-corrected chi connectivity index (χ0v) is 12.0. The number of pyridine rings is 1. The minimum Gasteiger partial charge on any atom is -0.493 e. The summed E-state index contributed by atoms with van der Waals surface area (Å²) in [6.07, 6.45) is 7.80. The molecule has 21 heavy (non-hydrogen) atoms. The second-order valence-electron chi connectivity index (χ2n) is 4.75. The molecule has 0 aliphatic rings. The molecular weight excluding hydrogens is 258 g/mol. The Labute approximate surface area is 124 Å². The van der Waals surface area contributed by atoms with E-state index in [0.717, 1.165) is 16.9 Å². The summed E-state index contributed by atoms with van der Waals surface area (Å²) in [5, 5.41) is 2.42. The second-order valence-corrected chi connectivity index (χ2v) is 4.75. The number of rotatable bonds is 4. The number of benzene rings is 2. The highest BCUT2D eigenvalue weighted by Gasteiger charge is 2.05. The molecule has 0 saturated carbocycles. The number of ether oxygens (including phenoxy) is 1. The molecule has 2 heteroatoms. The van der Waals surface area contributed by atoms with Gasteiger partial charge in [-0.1, -0.05) is 42.5 Å². The number of aromatic nitrogens is 1. The average molecular weight is 275 g/mol. The highest BCUT2D eigenvalue weighted by Crippen LogP contribution is 2.30. The van der Waals surface area contributed by atoms with Gasteiger partial charge in [0.05, 0.1) is 6.61 Å². The van der Waals surface area contributed by atoms with Crippen molar-refractivity contribution in [1.82, 2.24) is 4.98 Å². The Kier molecular flexibility index (Phi) is 3.97. The first-order valence-corrected chi connectivity index (χ1v) is 7.11. The molecule has 0 fully saturated rings. The summed E-state index contributed by atoms with van der Waals surface area (Å²) in [5.41, 5.74) is 2.24. The van der Waals surface area contributed by atoms with Gasteiger partial charge in [-0.3, -0.25) is 4.98 Å². The Balaban J connectivity index is 2.10. The molecule has 0 spiro atoms. The fraction of sp³-hybridized carbons (Fsp3) is 0.105. The molecular formula is C19H17NO. The maximum absolute atomic E-state index is 5.77. The predicted octanol–water partition coefficient (Wildman–Crippen LogP) is 4.80. The fourth-order valence-corrected chi connectivity index (χ4v) is 2.38. The monoisotopic (exact) mass is 275 g/mol. The van der Waals surface area contributed by atoms with Gasteiger partial charge in [0, 0.05) is 18.0 Å². The summed E-state index contributed by atoms with van der Waals surface area (Å²) < 4.78 is 5.77. The van der Waals surface area contributed by atoms with Crippen LogP contribution in [0.4, 0.5) is 0 Å². The summed E-state index contributed by atoms with van der Waals surface area (Å²) in [6.45, 7) is 2.67. The van der Waals surface area contributed by atoms with Gasteiger partial charge < -0.3 is 4.74 Å². The lowest BCUT2D eigenvalue weighted by Gasteiger charge is -2.10. The van der Waals surface area contributed by atoms with Crippen molar-refractivity contribution in [2.45, 2.75) is 6.92 Å². The SMILES string of the molecule is CCOc1ccc2ccccc2c1C=Cc1ccncc1. The normalized spacial score (nSPS) is 11.1. The Morgan fingerprint density at radius 2 is 1.76 bits per heavy atom. The third kappa shape index (κ3) is 2.95. The van der Waals surface area contributed by atoms with Crippen LogP contribution in [-0.4, -0.2) is 11.6 Å². The Bertz CT molecular complexity index is 763. The largest absolute Gasteiger partial charge is 0.493 e. The van der Waals surface area contributed by atoms with Gasteiger partial charge >= 0.3 is 0 Å². The van der Waals surface area contributed by atoms with Crippen LogP contribution in [0.1, 0.15) is 18.1 Å². The van der Waals surface area contributed by atoms with Gasteiger partial charge in [0.1, 0.15) is 5.75 Å². The lowest BCUT2D eigenvalue weighted by molar-refractivity contribution is 0.340. The van der Waals surface area contributed by atoms with E-state index < -0.39 is 0 Å². The lowest BCUT2D eigenvalue weighted by atomic mass is 10.0. The van der Waals surface area contributed by atoms with Gasteiger partial charge in [0.15, 0.2) is 0 Å². The minimum absolute atomic E-state index is 0.661. The molecule has 0 aliphatic heterocycles. The molecule has 0 aliphatic carbocycles. The van der Waals surface area contributed by atoms with Crippen LogP contribution in [0, 0.1) is 0 Å². The van der Waals surface area contributed by atoms with E-state index >= 15 is 0 Å². The Morgan fingerprint density at radius 1 is 0.952 bits per heavy atom. The quantitative estimate of drug-likeness (QED) is 0.682. The van der Waals surface area contributed by atoms with Gasteiger partial charge in [-0.05, 0) is 41.5 Å². The number of hydrogen-bond donors (Lipinski definition) is 0. The van der Waals surface area contributed by atoms with Crippen molar-refractivity contribution in [2.75, 3.05) is 6.61 Å². The summed E-state index contributed by atoms with van der Waals surface area (Å²) in [6, 6.07) is 16.5. The van der Waals surface area contributed by atoms with Crippen LogP contribution in [0.25, 0.3) is 22.9 Å². The van der Waals surface area contributed by atoms with E-state index in [9.17, 15) is 0 Å². The van der Waals surface area contributed by atoms with E-state index in [1.165, 1.54) is 10.8 Å². The van der Waals surface area contributed by atoms with Crippen LogP contribution in [-0.2, 0) is 0 Å². The highest BCUT2D eigenvalue weighted by molar-refractivity contribution is 5.95. The first-order chi connectivity index (χ1) is 10.4. The van der Waals surface area contributed by atoms with E-state index in [-0.39, 0.29) is 0 Å². The van der Waals surface area contributed by atoms with Gasteiger partial charge in [-0.25, -0.2) is 0 Å². The lowest BCUT2D eigenvalue weighted by Crippen LogP contribution is -1.94. The molecule has 104 valence electrons. The molecule has 2 nitrogen and oxygen atoms in total. The smallest absolute Gasteiger partial charge is 0.127 e. The molecule has 0 bridgehead atoms. The third-order valence-corrected chi connectivity index (χ3v) is 3.38. The zero-order chi connectivity index (χ0) is 14.5. The highest BCUT2D eigenvalue weighted by atomic mass is 16.5. The molecule has 3 rings (SSSR count). The molecule has 0 N–H and O–H groups in total. The molecule has 0 saturated heterocycles. The van der Waals surface area contributed by atoms with Crippen molar-refractivity contribution >= 4 is 22.9 Å². The van der Waals surface area contributed by atoms with Gasteiger partial charge in [-0.2, -0.15) is 0 Å². The third-order valence-electron chi connectivity index (χ3n) is 3.38. The maximum Gasteiger partial charge on any atom is 0.127 e.